The summed E-state index contributed by atoms with van der Waals surface area (Å²) < 4.78 is 0. The summed E-state index contributed by atoms with van der Waals surface area (Å²) in [4.78, 5) is 11.5. The van der Waals surface area contributed by atoms with Gasteiger partial charge in [0.15, 0.2) is 0 Å². The first kappa shape index (κ1) is 14.9. The van der Waals surface area contributed by atoms with E-state index in [1.807, 2.05) is 13.8 Å². The zero-order valence-electron chi connectivity index (χ0n) is 9.96. The molecule has 0 bridgehead atoms. The van der Waals surface area contributed by atoms with Gasteiger partial charge in [-0.3, -0.25) is 4.79 Å². The third kappa shape index (κ3) is 3.48. The summed E-state index contributed by atoms with van der Waals surface area (Å²) in [6.07, 6.45) is 5.00. The molecule has 0 heterocycles. The van der Waals surface area contributed by atoms with E-state index in [0.29, 0.717) is 24.2 Å². The fourth-order valence-corrected chi connectivity index (χ4v) is 1.33. The second-order valence-electron chi connectivity index (χ2n) is 3.07. The summed E-state index contributed by atoms with van der Waals surface area (Å²) in [7, 11) is 0. The van der Waals surface area contributed by atoms with E-state index in [1.54, 1.807) is 18.2 Å². The van der Waals surface area contributed by atoms with Gasteiger partial charge in [-0.25, -0.2) is 0 Å². The van der Waals surface area contributed by atoms with Crippen molar-refractivity contribution in [3.8, 4) is 0 Å². The molecule has 0 atom stereocenters. The average molecular weight is 214 g/mol. The van der Waals surface area contributed by atoms with Gasteiger partial charge in [0.2, 0.25) is 0 Å². The predicted molar refractivity (Wildman–Crippen MR) is 56.6 cm³/mol. The molecule has 5 heteroatoms. The van der Waals surface area contributed by atoms with Crippen LogP contribution in [0.1, 0.15) is 13.8 Å². The first-order valence-corrected chi connectivity index (χ1v) is 5.02. The van der Waals surface area contributed by atoms with Gasteiger partial charge in [-0.1, -0.05) is 12.2 Å². The van der Waals surface area contributed by atoms with Crippen LogP contribution >= 0.6 is 0 Å². The zero-order valence-corrected chi connectivity index (χ0v) is 9.96. The monoisotopic (exact) mass is 214 g/mol. The van der Waals surface area contributed by atoms with Crippen LogP contribution in [0.3, 0.4) is 0 Å². The molecule has 0 unspecified atom stereocenters. The van der Waals surface area contributed by atoms with Crippen molar-refractivity contribution in [2.45, 2.75) is 13.8 Å². The van der Waals surface area contributed by atoms with E-state index in [1.165, 1.54) is 0 Å². The van der Waals surface area contributed by atoms with Crippen molar-refractivity contribution in [3.05, 3.63) is 35.3 Å². The molecule has 2 N–H and O–H groups in total. The molecule has 1 aliphatic carbocycles. The SMILES string of the molecule is CCNC(=O)C1=CC=CC1=C([O-])NCC.[Li+]. The number of allylic oxidation sites excluding steroid dienone is 3. The number of rotatable bonds is 4. The van der Waals surface area contributed by atoms with Crippen LogP contribution in [0.5, 0.6) is 0 Å². The van der Waals surface area contributed by atoms with Crippen molar-refractivity contribution < 1.29 is 28.8 Å². The summed E-state index contributed by atoms with van der Waals surface area (Å²) in [5.74, 6) is -0.410. The van der Waals surface area contributed by atoms with Gasteiger partial charge in [-0.05, 0) is 31.4 Å². The third-order valence-corrected chi connectivity index (χ3v) is 1.98. The molecule has 0 aromatic rings. The van der Waals surface area contributed by atoms with E-state index in [0.717, 1.165) is 0 Å². The number of hydrogen-bond acceptors (Lipinski definition) is 3. The van der Waals surface area contributed by atoms with Gasteiger partial charge in [0, 0.05) is 18.7 Å². The summed E-state index contributed by atoms with van der Waals surface area (Å²) >= 11 is 0. The number of amides is 1. The molecule has 1 amide bonds. The molecular weight excluding hydrogens is 199 g/mol. The normalized spacial score (nSPS) is 16.2. The Bertz CT molecular complexity index is 346. The van der Waals surface area contributed by atoms with E-state index in [4.69, 9.17) is 0 Å². The maximum Gasteiger partial charge on any atom is 1.00 e. The van der Waals surface area contributed by atoms with E-state index in [2.05, 4.69) is 10.6 Å². The van der Waals surface area contributed by atoms with Crippen molar-refractivity contribution in [3.63, 3.8) is 0 Å². The molecule has 16 heavy (non-hydrogen) atoms. The Hall–Kier alpha value is -1.11. The van der Waals surface area contributed by atoms with Crippen molar-refractivity contribution in [1.82, 2.24) is 10.6 Å². The minimum atomic E-state index is -0.205. The molecule has 82 valence electrons. The van der Waals surface area contributed by atoms with Crippen LogP contribution in [0, 0.1) is 0 Å². The Labute approximate surface area is 108 Å². The Morgan fingerprint density at radius 2 is 1.94 bits per heavy atom. The maximum absolute atomic E-state index is 11.5. The van der Waals surface area contributed by atoms with E-state index >= 15 is 0 Å². The minimum Gasteiger partial charge on any atom is -0.860 e. The van der Waals surface area contributed by atoms with E-state index < -0.39 is 0 Å². The fraction of sp³-hybridized carbons (Fsp3) is 0.364. The first-order valence-electron chi connectivity index (χ1n) is 5.02. The van der Waals surface area contributed by atoms with Gasteiger partial charge < -0.3 is 15.7 Å². The Morgan fingerprint density at radius 1 is 1.31 bits per heavy atom. The molecule has 0 radical (unpaired) electrons. The maximum atomic E-state index is 11.5. The first-order chi connectivity index (χ1) is 7.20. The summed E-state index contributed by atoms with van der Waals surface area (Å²) in [6.45, 7) is 4.79. The Morgan fingerprint density at radius 3 is 2.50 bits per heavy atom. The molecule has 4 nitrogen and oxygen atoms in total. The van der Waals surface area contributed by atoms with Gasteiger partial charge in [-0.15, -0.1) is 0 Å². The summed E-state index contributed by atoms with van der Waals surface area (Å²) in [5.41, 5.74) is 0.866. The van der Waals surface area contributed by atoms with Gasteiger partial charge in [0.1, 0.15) is 0 Å². The predicted octanol–water partition coefficient (Wildman–Crippen LogP) is -3.20. The van der Waals surface area contributed by atoms with Crippen LogP contribution in [0.4, 0.5) is 0 Å². The van der Waals surface area contributed by atoms with Gasteiger partial charge in [-0.2, -0.15) is 0 Å². The molecule has 0 aromatic heterocycles. The van der Waals surface area contributed by atoms with Crippen LogP contribution in [0.25, 0.3) is 0 Å². The van der Waals surface area contributed by atoms with Crippen LogP contribution < -0.4 is 34.6 Å². The summed E-state index contributed by atoms with van der Waals surface area (Å²) in [5, 5.41) is 16.9. The Balaban J connectivity index is 0.00000225. The quantitative estimate of drug-likeness (QED) is 0.383. The average Bonchev–Trinajstić information content (AvgIpc) is 2.66. The molecule has 0 aliphatic heterocycles. The summed E-state index contributed by atoms with van der Waals surface area (Å²) in [6, 6.07) is 0. The van der Waals surface area contributed by atoms with Gasteiger partial charge in [0.05, 0.1) is 0 Å². The van der Waals surface area contributed by atoms with Crippen LogP contribution in [-0.4, -0.2) is 19.0 Å². The molecule has 1 rings (SSSR count). The van der Waals surface area contributed by atoms with Crippen molar-refractivity contribution in [1.29, 1.82) is 0 Å². The second kappa shape index (κ2) is 7.21. The minimum absolute atomic E-state index is 0. The number of likely N-dealkylation sites (N-methyl/N-ethyl adjacent to an activating group) is 1. The molecule has 0 spiro atoms. The van der Waals surface area contributed by atoms with E-state index in [-0.39, 0.29) is 30.7 Å². The Kier molecular flexibility index (Phi) is 6.71. The third-order valence-electron chi connectivity index (χ3n) is 1.98. The van der Waals surface area contributed by atoms with Gasteiger partial charge in [0.25, 0.3) is 5.91 Å². The van der Waals surface area contributed by atoms with E-state index in [9.17, 15) is 9.90 Å². The largest absolute Gasteiger partial charge is 1.00 e. The molecule has 0 fully saturated rings. The molecule has 0 saturated heterocycles. The smallest absolute Gasteiger partial charge is 0.860 e. The van der Waals surface area contributed by atoms with Crippen LogP contribution in [-0.2, 0) is 4.79 Å². The van der Waals surface area contributed by atoms with Gasteiger partial charge >= 0.3 is 18.9 Å². The zero-order chi connectivity index (χ0) is 11.3. The standard InChI is InChI=1S/C11H16N2O2.Li/c1-3-12-10(14)8-6-5-7-9(8)11(15)13-4-2;/h5-7,12,14H,3-4H2,1-2H3,(H,13,15);/q;+1/p-1. The fourth-order valence-electron chi connectivity index (χ4n) is 1.33. The number of nitrogens with one attached hydrogen (secondary N) is 2. The number of carbonyl (C=O) groups excluding carboxylic acids is 1. The topological polar surface area (TPSA) is 64.2 Å². The number of hydrogen-bond donors (Lipinski definition) is 2. The molecule has 1 aliphatic rings. The van der Waals surface area contributed by atoms with Crippen molar-refractivity contribution in [2.75, 3.05) is 13.1 Å². The molecule has 0 aromatic carbocycles. The van der Waals surface area contributed by atoms with Crippen molar-refractivity contribution >= 4 is 5.91 Å². The molecular formula is C11H15LiN2O2. The van der Waals surface area contributed by atoms with Crippen LogP contribution in [0.15, 0.2) is 35.3 Å². The van der Waals surface area contributed by atoms with Crippen molar-refractivity contribution in [2.24, 2.45) is 0 Å². The molecule has 0 saturated carbocycles. The number of carbonyl (C=O) groups is 1. The van der Waals surface area contributed by atoms with Crippen LogP contribution in [0.2, 0.25) is 0 Å². The second-order valence-corrected chi connectivity index (χ2v) is 3.07.